The van der Waals surface area contributed by atoms with E-state index >= 15 is 0 Å². The molecule has 0 fully saturated rings. The van der Waals surface area contributed by atoms with Crippen molar-refractivity contribution >= 4 is 12.0 Å². The molecule has 0 spiro atoms. The van der Waals surface area contributed by atoms with Crippen molar-refractivity contribution in [3.8, 4) is 0 Å². The molecule has 0 aliphatic heterocycles. The van der Waals surface area contributed by atoms with Crippen molar-refractivity contribution in [3.63, 3.8) is 0 Å². The Hall–Kier alpha value is -2.10. The Balaban J connectivity index is 1.86. The van der Waals surface area contributed by atoms with Crippen LogP contribution in [0.2, 0.25) is 0 Å². The normalized spacial score (nSPS) is 17.0. The summed E-state index contributed by atoms with van der Waals surface area (Å²) in [6, 6.07) is 0. The summed E-state index contributed by atoms with van der Waals surface area (Å²) in [5.41, 5.74) is 5.11. The first kappa shape index (κ1) is 24.2. The molecule has 0 saturated carbocycles. The van der Waals surface area contributed by atoms with Crippen LogP contribution < -0.4 is 0 Å². The van der Waals surface area contributed by atoms with Crippen LogP contribution in [-0.4, -0.2) is 22.5 Å². The molecule has 1 aliphatic rings. The Kier molecular flexibility index (Phi) is 9.61. The van der Waals surface area contributed by atoms with E-state index in [-0.39, 0.29) is 17.2 Å². The molecule has 1 heterocycles. The molecule has 0 bridgehead atoms. The van der Waals surface area contributed by atoms with Gasteiger partial charge < -0.3 is 9.72 Å². The Bertz CT molecular complexity index is 781. The molecule has 1 aromatic rings. The van der Waals surface area contributed by atoms with Crippen LogP contribution in [0.3, 0.4) is 0 Å². The lowest BCUT2D eigenvalue weighted by Crippen LogP contribution is -2.19. The molecule has 166 valence electrons. The van der Waals surface area contributed by atoms with Crippen LogP contribution in [0.15, 0.2) is 35.1 Å². The van der Waals surface area contributed by atoms with Crippen LogP contribution in [0, 0.1) is 5.41 Å². The number of esters is 1. The molecule has 4 heteroatoms. The minimum absolute atomic E-state index is 0.236. The van der Waals surface area contributed by atoms with Gasteiger partial charge in [-0.1, -0.05) is 70.6 Å². The van der Waals surface area contributed by atoms with Gasteiger partial charge in [0.1, 0.15) is 0 Å². The summed E-state index contributed by atoms with van der Waals surface area (Å²) >= 11 is 0. The van der Waals surface area contributed by atoms with Crippen LogP contribution in [0.4, 0.5) is 0 Å². The molecule has 0 radical (unpaired) electrons. The van der Waals surface area contributed by atoms with Gasteiger partial charge >= 0.3 is 5.97 Å². The van der Waals surface area contributed by atoms with Crippen molar-refractivity contribution in [1.82, 2.24) is 9.97 Å². The minimum Gasteiger partial charge on any atom is -0.460 e. The van der Waals surface area contributed by atoms with Gasteiger partial charge in [0.2, 0.25) is 5.82 Å². The van der Waals surface area contributed by atoms with E-state index in [1.807, 2.05) is 6.08 Å². The summed E-state index contributed by atoms with van der Waals surface area (Å²) in [7, 11) is 0. The Morgan fingerprint density at radius 3 is 2.70 bits per heavy atom. The largest absolute Gasteiger partial charge is 0.460 e. The highest BCUT2D eigenvalue weighted by atomic mass is 16.5. The summed E-state index contributed by atoms with van der Waals surface area (Å²) in [5, 5.41) is 0. The molecule has 0 unspecified atom stereocenters. The number of hydrogen-bond acceptors (Lipinski definition) is 3. The van der Waals surface area contributed by atoms with Gasteiger partial charge in [-0.2, -0.15) is 0 Å². The quantitative estimate of drug-likeness (QED) is 0.234. The highest BCUT2D eigenvalue weighted by molar-refractivity contribution is 5.85. The van der Waals surface area contributed by atoms with E-state index < -0.39 is 0 Å². The summed E-state index contributed by atoms with van der Waals surface area (Å²) in [6.07, 6.45) is 18.8. The van der Waals surface area contributed by atoms with E-state index in [1.165, 1.54) is 56.1 Å². The van der Waals surface area contributed by atoms with Gasteiger partial charge in [-0.05, 0) is 62.2 Å². The fraction of sp³-hybridized carbons (Fsp3) is 0.615. The zero-order valence-corrected chi connectivity index (χ0v) is 19.6. The SMILES string of the molecule is CCCCCCCCOC(=O)c1ncc(/C=C(\C)C=CC2=C(C)CCCC2(C)C)[nH]1. The standard InChI is InChI=1S/C26H40N2O2/c1-6-7-8-9-10-11-17-30-25(29)24-27-19-22(28-24)18-20(2)14-15-23-21(3)13-12-16-26(23,4)5/h14-15,18-19H,6-13,16-17H2,1-5H3,(H,27,28)/b15-14?,20-18+. The average molecular weight is 413 g/mol. The number of H-pyrrole nitrogens is 1. The van der Waals surface area contributed by atoms with Crippen molar-refractivity contribution in [3.05, 3.63) is 46.6 Å². The van der Waals surface area contributed by atoms with Gasteiger partial charge in [0.25, 0.3) is 0 Å². The Morgan fingerprint density at radius 2 is 1.97 bits per heavy atom. The van der Waals surface area contributed by atoms with Gasteiger partial charge in [0, 0.05) is 0 Å². The lowest BCUT2D eigenvalue weighted by molar-refractivity contribution is 0.0484. The van der Waals surface area contributed by atoms with Crippen LogP contribution in [0.1, 0.15) is 109 Å². The monoisotopic (exact) mass is 412 g/mol. The van der Waals surface area contributed by atoms with E-state index in [0.29, 0.717) is 6.61 Å². The molecular formula is C26H40N2O2. The van der Waals surface area contributed by atoms with Crippen LogP contribution in [0.5, 0.6) is 0 Å². The molecule has 1 aliphatic carbocycles. The Morgan fingerprint density at radius 1 is 1.23 bits per heavy atom. The first-order valence-electron chi connectivity index (χ1n) is 11.6. The van der Waals surface area contributed by atoms with Gasteiger partial charge in [-0.25, -0.2) is 9.78 Å². The van der Waals surface area contributed by atoms with Gasteiger partial charge in [0.05, 0.1) is 18.5 Å². The lowest BCUT2D eigenvalue weighted by atomic mass is 9.72. The van der Waals surface area contributed by atoms with Gasteiger partial charge in [0.15, 0.2) is 0 Å². The topological polar surface area (TPSA) is 55.0 Å². The fourth-order valence-corrected chi connectivity index (χ4v) is 4.15. The number of hydrogen-bond donors (Lipinski definition) is 1. The van der Waals surface area contributed by atoms with Crippen molar-refractivity contribution in [1.29, 1.82) is 0 Å². The minimum atomic E-state index is -0.374. The number of imidazole rings is 1. The van der Waals surface area contributed by atoms with Crippen molar-refractivity contribution < 1.29 is 9.53 Å². The van der Waals surface area contributed by atoms with E-state index in [9.17, 15) is 4.79 Å². The second kappa shape index (κ2) is 11.9. The Labute approximate surface area is 182 Å². The lowest BCUT2D eigenvalue weighted by Gasteiger charge is -2.32. The van der Waals surface area contributed by atoms with Gasteiger partial charge in [-0.3, -0.25) is 0 Å². The van der Waals surface area contributed by atoms with Crippen LogP contribution >= 0.6 is 0 Å². The van der Waals surface area contributed by atoms with Gasteiger partial charge in [-0.15, -0.1) is 0 Å². The van der Waals surface area contributed by atoms with E-state index in [0.717, 1.165) is 24.1 Å². The number of carbonyl (C=O) groups is 1. The molecule has 1 aromatic heterocycles. The second-order valence-corrected chi connectivity index (χ2v) is 9.24. The number of carbonyl (C=O) groups excluding carboxylic acids is 1. The molecule has 0 atom stereocenters. The number of allylic oxidation sites excluding steroid dienone is 5. The summed E-state index contributed by atoms with van der Waals surface area (Å²) in [5.74, 6) is -0.0999. The maximum absolute atomic E-state index is 12.2. The number of rotatable bonds is 11. The maximum Gasteiger partial charge on any atom is 0.374 e. The number of aromatic nitrogens is 2. The number of aromatic amines is 1. The summed E-state index contributed by atoms with van der Waals surface area (Å²) in [4.78, 5) is 19.4. The van der Waals surface area contributed by atoms with E-state index in [4.69, 9.17) is 4.74 Å². The summed E-state index contributed by atoms with van der Waals surface area (Å²) in [6.45, 7) is 11.6. The number of unbranched alkanes of at least 4 members (excludes halogenated alkanes) is 5. The zero-order valence-electron chi connectivity index (χ0n) is 19.6. The third-order valence-electron chi connectivity index (χ3n) is 5.96. The predicted molar refractivity (Wildman–Crippen MR) is 125 cm³/mol. The highest BCUT2D eigenvalue weighted by Crippen LogP contribution is 2.40. The summed E-state index contributed by atoms with van der Waals surface area (Å²) < 4.78 is 5.34. The first-order chi connectivity index (χ1) is 14.3. The maximum atomic E-state index is 12.2. The molecular weight excluding hydrogens is 372 g/mol. The van der Waals surface area contributed by atoms with E-state index in [2.05, 4.69) is 56.7 Å². The third-order valence-corrected chi connectivity index (χ3v) is 5.96. The van der Waals surface area contributed by atoms with E-state index in [1.54, 1.807) is 6.20 Å². The zero-order chi connectivity index (χ0) is 22.0. The van der Waals surface area contributed by atoms with Crippen LogP contribution in [-0.2, 0) is 4.74 Å². The first-order valence-corrected chi connectivity index (χ1v) is 11.6. The van der Waals surface area contributed by atoms with Crippen molar-refractivity contribution in [2.45, 2.75) is 92.4 Å². The molecule has 1 N–H and O–H groups in total. The third kappa shape index (κ3) is 7.62. The van der Waals surface area contributed by atoms with Crippen molar-refractivity contribution in [2.75, 3.05) is 6.61 Å². The average Bonchev–Trinajstić information content (AvgIpc) is 3.14. The molecule has 4 nitrogen and oxygen atoms in total. The molecule has 30 heavy (non-hydrogen) atoms. The molecule has 2 rings (SSSR count). The fourth-order valence-electron chi connectivity index (χ4n) is 4.15. The highest BCUT2D eigenvalue weighted by Gasteiger charge is 2.26. The molecule has 0 aromatic carbocycles. The molecule has 0 saturated heterocycles. The predicted octanol–water partition coefficient (Wildman–Crippen LogP) is 7.41. The molecule has 0 amide bonds. The second-order valence-electron chi connectivity index (χ2n) is 9.24. The number of nitrogens with zero attached hydrogens (tertiary/aromatic N) is 1. The van der Waals surface area contributed by atoms with Crippen molar-refractivity contribution in [2.24, 2.45) is 5.41 Å². The number of ether oxygens (including phenoxy) is 1. The number of nitrogens with one attached hydrogen (secondary N) is 1. The smallest absolute Gasteiger partial charge is 0.374 e. The van der Waals surface area contributed by atoms with Crippen LogP contribution in [0.25, 0.3) is 6.08 Å².